The Morgan fingerprint density at radius 2 is 1.57 bits per heavy atom. The first-order chi connectivity index (χ1) is 16.4. The van der Waals surface area contributed by atoms with Crippen LogP contribution in [-0.2, 0) is 30.3 Å². The van der Waals surface area contributed by atoms with Crippen molar-refractivity contribution >= 4 is 46.7 Å². The first-order valence-corrected chi connectivity index (χ1v) is 11.5. The number of ether oxygens (including phenoxy) is 4. The van der Waals surface area contributed by atoms with E-state index in [4.69, 9.17) is 53.8 Å². The maximum absolute atomic E-state index is 12.7. The fourth-order valence-corrected chi connectivity index (χ4v) is 3.59. The fourth-order valence-electron chi connectivity index (χ4n) is 3.46. The Balaban J connectivity index is 1.99. The van der Waals surface area contributed by atoms with Gasteiger partial charge in [-0.1, -0.05) is 83.3 Å². The Labute approximate surface area is 216 Å². The molecule has 12 heteroatoms. The van der Waals surface area contributed by atoms with Crippen LogP contribution in [0.4, 0.5) is 0 Å². The number of aliphatic hydroxyl groups excluding tert-OH is 1. The molecule has 0 saturated carbocycles. The maximum Gasteiger partial charge on any atom is 0.359 e. The van der Waals surface area contributed by atoms with Crippen molar-refractivity contribution in [2.75, 3.05) is 0 Å². The highest BCUT2D eigenvalue weighted by Crippen LogP contribution is 2.37. The van der Waals surface area contributed by atoms with E-state index < -0.39 is 52.2 Å². The van der Waals surface area contributed by atoms with Crippen LogP contribution in [0.25, 0.3) is 0 Å². The smallest absolute Gasteiger partial charge is 0.359 e. The van der Waals surface area contributed by atoms with Crippen LogP contribution in [0.3, 0.4) is 0 Å². The van der Waals surface area contributed by atoms with Crippen LogP contribution >= 0.6 is 34.8 Å². The number of rotatable bonds is 7. The number of alkyl halides is 3. The second kappa shape index (κ2) is 11.4. The van der Waals surface area contributed by atoms with E-state index in [9.17, 15) is 24.9 Å². The van der Waals surface area contributed by atoms with Gasteiger partial charge in [0.1, 0.15) is 12.2 Å². The van der Waals surface area contributed by atoms with E-state index in [1.807, 2.05) is 0 Å². The summed E-state index contributed by atoms with van der Waals surface area (Å²) in [6.45, 7) is 1.12. The Bertz CT molecular complexity index is 996. The van der Waals surface area contributed by atoms with Crippen molar-refractivity contribution in [2.45, 2.75) is 53.8 Å². The molecule has 0 spiro atoms. The lowest BCUT2D eigenvalue weighted by molar-refractivity contribution is -0.440. The summed E-state index contributed by atoms with van der Waals surface area (Å²) in [6.07, 6.45) is -8.07. The fraction of sp³-hybridized carbons (Fsp3) is 0.391. The predicted octanol–water partition coefficient (Wildman–Crippen LogP) is 2.50. The van der Waals surface area contributed by atoms with E-state index in [1.54, 1.807) is 48.5 Å². The number of hydrogen-bond acceptors (Lipinski definition) is 9. The summed E-state index contributed by atoms with van der Waals surface area (Å²) in [5.74, 6) is -5.43. The molecule has 1 saturated heterocycles. The standard InChI is InChI=1S/C23H23Cl3O9/c1-13(27)16-17(33-21(29)22(24,25)26)18(32-12-14-8-4-2-5-9-14)19(23(30,31)35-16)34-20(28)15-10-6-3-7-11-15/h2-11,13,16-19,27,30-31H,12H2,1H3/t13?,16-,17+,18-,19+/m0/s1. The van der Waals surface area contributed by atoms with Crippen LogP contribution in [0, 0.1) is 0 Å². The number of aliphatic hydroxyl groups is 3. The van der Waals surface area contributed by atoms with E-state index in [0.29, 0.717) is 5.56 Å². The minimum absolute atomic E-state index is 0.0950. The number of hydrogen-bond donors (Lipinski definition) is 3. The number of carbonyl (C=O) groups is 2. The quantitative estimate of drug-likeness (QED) is 0.271. The lowest BCUT2D eigenvalue weighted by Gasteiger charge is -2.47. The van der Waals surface area contributed by atoms with Gasteiger partial charge in [0.25, 0.3) is 3.79 Å². The first kappa shape index (κ1) is 27.6. The van der Waals surface area contributed by atoms with Crippen molar-refractivity contribution in [2.24, 2.45) is 0 Å². The van der Waals surface area contributed by atoms with Crippen molar-refractivity contribution in [1.82, 2.24) is 0 Å². The van der Waals surface area contributed by atoms with Gasteiger partial charge in [-0.3, -0.25) is 0 Å². The monoisotopic (exact) mass is 548 g/mol. The summed E-state index contributed by atoms with van der Waals surface area (Å²) < 4.78 is 19.2. The summed E-state index contributed by atoms with van der Waals surface area (Å²) in [6, 6.07) is 16.5. The van der Waals surface area contributed by atoms with Crippen LogP contribution in [0.2, 0.25) is 0 Å². The molecule has 2 aromatic carbocycles. The van der Waals surface area contributed by atoms with Gasteiger partial charge in [-0.25, -0.2) is 9.59 Å². The SMILES string of the molecule is CC(O)[C@@H]1OC(O)(O)[C@H](OC(=O)c2ccccc2)[C@@H](OCc2ccccc2)[C@@H]1OC(=O)C(Cl)(Cl)Cl. The van der Waals surface area contributed by atoms with Crippen LogP contribution < -0.4 is 0 Å². The molecule has 0 radical (unpaired) electrons. The van der Waals surface area contributed by atoms with Crippen molar-refractivity contribution in [3.05, 3.63) is 71.8 Å². The van der Waals surface area contributed by atoms with E-state index in [2.05, 4.69) is 0 Å². The van der Waals surface area contributed by atoms with Crippen molar-refractivity contribution < 1.29 is 43.9 Å². The molecule has 2 aromatic rings. The molecule has 5 atom stereocenters. The zero-order chi connectivity index (χ0) is 25.8. The van der Waals surface area contributed by atoms with Crippen molar-refractivity contribution in [3.63, 3.8) is 0 Å². The molecule has 3 N–H and O–H groups in total. The molecule has 0 bridgehead atoms. The molecule has 0 amide bonds. The Morgan fingerprint density at radius 1 is 1.00 bits per heavy atom. The molecule has 3 rings (SSSR count). The average molecular weight is 550 g/mol. The van der Waals surface area contributed by atoms with Crippen LogP contribution in [-0.4, -0.2) is 67.5 Å². The summed E-state index contributed by atoms with van der Waals surface area (Å²) >= 11 is 16.9. The largest absolute Gasteiger partial charge is 0.453 e. The molecular weight excluding hydrogens is 527 g/mol. The van der Waals surface area contributed by atoms with Crippen molar-refractivity contribution in [1.29, 1.82) is 0 Å². The lowest BCUT2D eigenvalue weighted by Crippen LogP contribution is -2.69. The van der Waals surface area contributed by atoms with Crippen LogP contribution in [0.5, 0.6) is 0 Å². The Morgan fingerprint density at radius 3 is 2.11 bits per heavy atom. The lowest BCUT2D eigenvalue weighted by atomic mass is 9.93. The zero-order valence-corrected chi connectivity index (χ0v) is 20.6. The first-order valence-electron chi connectivity index (χ1n) is 10.4. The molecule has 9 nitrogen and oxygen atoms in total. The number of benzene rings is 2. The third kappa shape index (κ3) is 7.05. The molecule has 1 unspecified atom stereocenters. The maximum atomic E-state index is 12.7. The van der Waals surface area contributed by atoms with E-state index in [-0.39, 0.29) is 12.2 Å². The normalized spacial score (nSPS) is 24.9. The van der Waals surface area contributed by atoms with E-state index >= 15 is 0 Å². The average Bonchev–Trinajstić information content (AvgIpc) is 2.80. The van der Waals surface area contributed by atoms with Gasteiger partial charge in [0.2, 0.25) is 6.10 Å². The van der Waals surface area contributed by atoms with Gasteiger partial charge in [0.05, 0.1) is 18.3 Å². The topological polar surface area (TPSA) is 132 Å². The van der Waals surface area contributed by atoms with Gasteiger partial charge in [-0.15, -0.1) is 0 Å². The van der Waals surface area contributed by atoms with Gasteiger partial charge >= 0.3 is 17.9 Å². The Hall–Kier alpha value is -1.95. The van der Waals surface area contributed by atoms with Crippen molar-refractivity contribution in [3.8, 4) is 0 Å². The minimum Gasteiger partial charge on any atom is -0.453 e. The second-order valence-electron chi connectivity index (χ2n) is 7.80. The molecule has 0 aliphatic carbocycles. The molecule has 190 valence electrons. The van der Waals surface area contributed by atoms with Gasteiger partial charge in [0, 0.05) is 0 Å². The third-order valence-corrected chi connectivity index (χ3v) is 5.57. The van der Waals surface area contributed by atoms with Gasteiger partial charge in [0.15, 0.2) is 6.10 Å². The van der Waals surface area contributed by atoms with Gasteiger partial charge < -0.3 is 34.3 Å². The highest BCUT2D eigenvalue weighted by Gasteiger charge is 2.60. The third-order valence-electron chi connectivity index (χ3n) is 5.10. The number of carbonyl (C=O) groups excluding carboxylic acids is 2. The molecule has 1 aliphatic rings. The van der Waals surface area contributed by atoms with E-state index in [1.165, 1.54) is 19.1 Å². The number of esters is 2. The second-order valence-corrected chi connectivity index (χ2v) is 10.1. The zero-order valence-electron chi connectivity index (χ0n) is 18.3. The summed E-state index contributed by atoms with van der Waals surface area (Å²) in [4.78, 5) is 25.1. The molecule has 35 heavy (non-hydrogen) atoms. The molecule has 0 aromatic heterocycles. The van der Waals surface area contributed by atoms with Crippen LogP contribution in [0.1, 0.15) is 22.8 Å². The van der Waals surface area contributed by atoms with Gasteiger partial charge in [-0.2, -0.15) is 0 Å². The summed E-state index contributed by atoms with van der Waals surface area (Å²) in [5.41, 5.74) is 0.756. The van der Waals surface area contributed by atoms with E-state index in [0.717, 1.165) is 0 Å². The van der Waals surface area contributed by atoms with Crippen LogP contribution in [0.15, 0.2) is 60.7 Å². The molecule has 1 aliphatic heterocycles. The predicted molar refractivity (Wildman–Crippen MR) is 125 cm³/mol. The highest BCUT2D eigenvalue weighted by molar-refractivity contribution is 6.75. The minimum atomic E-state index is -3.14. The molecule has 1 fully saturated rings. The van der Waals surface area contributed by atoms with Gasteiger partial charge in [-0.05, 0) is 24.6 Å². The highest BCUT2D eigenvalue weighted by atomic mass is 35.6. The molecule has 1 heterocycles. The summed E-state index contributed by atoms with van der Waals surface area (Å²) in [7, 11) is 0. The summed E-state index contributed by atoms with van der Waals surface area (Å²) in [5, 5.41) is 31.6. The number of halogens is 3. The Kier molecular flexibility index (Phi) is 9.01. The molecular formula is C23H23Cl3O9.